The molecular weight excluding hydrogens is 392 g/mol. The van der Waals surface area contributed by atoms with Crippen molar-refractivity contribution < 1.29 is 19.4 Å². The van der Waals surface area contributed by atoms with Crippen molar-refractivity contribution in [3.8, 4) is 17.2 Å². The van der Waals surface area contributed by atoms with Crippen LogP contribution in [0.25, 0.3) is 0 Å². The number of nitrogens with zero attached hydrogens (tertiary/aromatic N) is 2. The maximum absolute atomic E-state index is 13.4. The molecule has 0 bridgehead atoms. The standard InChI is InChI=1S/C25H24N2O4/c1-16-7-9-17(10-8-16)21-15-22(20-5-4-6-23(31-3)24(20)28)27(26-21)25(29)18-11-13-19(30-2)14-12-18/h4-14,22,28H,15H2,1-3H3/t22-/m0/s1. The molecule has 0 saturated carbocycles. The lowest BCUT2D eigenvalue weighted by atomic mass is 9.96. The molecule has 0 aromatic heterocycles. The maximum atomic E-state index is 13.4. The SMILES string of the molecule is COc1ccc(C(=O)N2N=C(c3ccc(C)cc3)C[C@H]2c2cccc(OC)c2O)cc1. The van der Waals surface area contributed by atoms with Gasteiger partial charge in [0.25, 0.3) is 5.91 Å². The molecule has 3 aromatic rings. The van der Waals surface area contributed by atoms with Gasteiger partial charge in [0.1, 0.15) is 5.75 Å². The van der Waals surface area contributed by atoms with Gasteiger partial charge < -0.3 is 14.6 Å². The minimum atomic E-state index is -0.457. The molecule has 1 aliphatic heterocycles. The van der Waals surface area contributed by atoms with E-state index in [1.165, 1.54) is 12.1 Å². The largest absolute Gasteiger partial charge is 0.504 e. The van der Waals surface area contributed by atoms with E-state index < -0.39 is 6.04 Å². The quantitative estimate of drug-likeness (QED) is 0.654. The minimum Gasteiger partial charge on any atom is -0.504 e. The van der Waals surface area contributed by atoms with Crippen molar-refractivity contribution in [1.29, 1.82) is 0 Å². The number of carbonyl (C=O) groups excluding carboxylic acids is 1. The molecule has 158 valence electrons. The molecule has 1 heterocycles. The third kappa shape index (κ3) is 3.97. The van der Waals surface area contributed by atoms with Crippen LogP contribution in [-0.2, 0) is 0 Å². The lowest BCUT2D eigenvalue weighted by Crippen LogP contribution is -2.27. The topological polar surface area (TPSA) is 71.4 Å². The van der Waals surface area contributed by atoms with Crippen LogP contribution in [0, 0.1) is 6.92 Å². The molecule has 0 radical (unpaired) electrons. The molecule has 1 N–H and O–H groups in total. The number of ether oxygens (including phenoxy) is 2. The number of hydrogen-bond donors (Lipinski definition) is 1. The summed E-state index contributed by atoms with van der Waals surface area (Å²) < 4.78 is 10.5. The highest BCUT2D eigenvalue weighted by molar-refractivity contribution is 6.05. The lowest BCUT2D eigenvalue weighted by molar-refractivity contribution is 0.0709. The Bertz CT molecular complexity index is 1120. The Hall–Kier alpha value is -3.80. The predicted octanol–water partition coefficient (Wildman–Crippen LogP) is 4.71. The van der Waals surface area contributed by atoms with Gasteiger partial charge in [0.05, 0.1) is 26.0 Å². The Kier molecular flexibility index (Phi) is 5.62. The van der Waals surface area contributed by atoms with Crippen molar-refractivity contribution in [1.82, 2.24) is 5.01 Å². The van der Waals surface area contributed by atoms with E-state index in [9.17, 15) is 9.90 Å². The van der Waals surface area contributed by atoms with E-state index in [1.54, 1.807) is 49.6 Å². The summed E-state index contributed by atoms with van der Waals surface area (Å²) in [6.45, 7) is 2.02. The summed E-state index contributed by atoms with van der Waals surface area (Å²) in [7, 11) is 3.08. The Labute approximate surface area is 181 Å². The summed E-state index contributed by atoms with van der Waals surface area (Å²) in [5.74, 6) is 0.793. The molecule has 6 nitrogen and oxygen atoms in total. The first kappa shape index (κ1) is 20.5. The first-order chi connectivity index (χ1) is 15.0. The molecule has 0 unspecified atom stereocenters. The smallest absolute Gasteiger partial charge is 0.274 e. The first-order valence-electron chi connectivity index (χ1n) is 10.00. The van der Waals surface area contributed by atoms with Gasteiger partial charge in [-0.25, -0.2) is 5.01 Å². The fourth-order valence-corrected chi connectivity index (χ4v) is 3.70. The summed E-state index contributed by atoms with van der Waals surface area (Å²) in [4.78, 5) is 13.4. The summed E-state index contributed by atoms with van der Waals surface area (Å²) in [5.41, 5.74) is 3.96. The highest BCUT2D eigenvalue weighted by atomic mass is 16.5. The van der Waals surface area contributed by atoms with Crippen LogP contribution in [0.4, 0.5) is 0 Å². The molecule has 0 saturated heterocycles. The third-order valence-electron chi connectivity index (χ3n) is 5.45. The molecule has 1 aliphatic rings. The van der Waals surface area contributed by atoms with Crippen molar-refractivity contribution >= 4 is 11.6 Å². The summed E-state index contributed by atoms with van der Waals surface area (Å²) >= 11 is 0. The predicted molar refractivity (Wildman–Crippen MR) is 119 cm³/mol. The zero-order chi connectivity index (χ0) is 22.0. The number of amides is 1. The number of phenolic OH excluding ortho intramolecular Hbond substituents is 1. The summed E-state index contributed by atoms with van der Waals surface area (Å²) in [6, 6.07) is 19.8. The van der Waals surface area contributed by atoms with Crippen LogP contribution in [0.2, 0.25) is 0 Å². The number of carbonyl (C=O) groups is 1. The number of aryl methyl sites for hydroxylation is 1. The maximum Gasteiger partial charge on any atom is 0.274 e. The highest BCUT2D eigenvalue weighted by Gasteiger charge is 2.35. The van der Waals surface area contributed by atoms with E-state index in [2.05, 4.69) is 5.10 Å². The van der Waals surface area contributed by atoms with Crippen molar-refractivity contribution in [2.24, 2.45) is 5.10 Å². The fraction of sp³-hybridized carbons (Fsp3) is 0.200. The van der Waals surface area contributed by atoms with Crippen LogP contribution < -0.4 is 9.47 Å². The van der Waals surface area contributed by atoms with Crippen LogP contribution >= 0.6 is 0 Å². The number of phenols is 1. The average Bonchev–Trinajstić information content (AvgIpc) is 3.24. The van der Waals surface area contributed by atoms with Crippen LogP contribution in [0.5, 0.6) is 17.2 Å². The van der Waals surface area contributed by atoms with Gasteiger partial charge in [0.2, 0.25) is 0 Å². The van der Waals surface area contributed by atoms with E-state index >= 15 is 0 Å². The molecule has 6 heteroatoms. The number of hydrazone groups is 1. The molecular formula is C25H24N2O4. The molecule has 3 aromatic carbocycles. The average molecular weight is 416 g/mol. The van der Waals surface area contributed by atoms with Gasteiger partial charge in [0.15, 0.2) is 11.5 Å². The van der Waals surface area contributed by atoms with Crippen molar-refractivity contribution in [2.45, 2.75) is 19.4 Å². The van der Waals surface area contributed by atoms with E-state index in [1.807, 2.05) is 31.2 Å². The van der Waals surface area contributed by atoms with Crippen molar-refractivity contribution in [3.63, 3.8) is 0 Å². The number of methoxy groups -OCH3 is 2. The van der Waals surface area contributed by atoms with E-state index in [-0.39, 0.29) is 11.7 Å². The number of rotatable bonds is 5. The Morgan fingerprint density at radius 1 is 1.00 bits per heavy atom. The molecule has 0 aliphatic carbocycles. The molecule has 0 spiro atoms. The second-order valence-corrected chi connectivity index (χ2v) is 7.41. The third-order valence-corrected chi connectivity index (χ3v) is 5.45. The zero-order valence-electron chi connectivity index (χ0n) is 17.7. The molecule has 1 atom stereocenters. The normalized spacial score (nSPS) is 15.5. The van der Waals surface area contributed by atoms with Gasteiger partial charge in [-0.2, -0.15) is 5.10 Å². The summed E-state index contributed by atoms with van der Waals surface area (Å²) in [6.07, 6.45) is 0.478. The van der Waals surface area contributed by atoms with E-state index in [4.69, 9.17) is 9.47 Å². The second kappa shape index (κ2) is 8.52. The highest BCUT2D eigenvalue weighted by Crippen LogP contribution is 2.41. The second-order valence-electron chi connectivity index (χ2n) is 7.41. The monoisotopic (exact) mass is 416 g/mol. The number of benzene rings is 3. The lowest BCUT2D eigenvalue weighted by Gasteiger charge is -2.23. The van der Waals surface area contributed by atoms with Crippen molar-refractivity contribution in [2.75, 3.05) is 14.2 Å². The Balaban J connectivity index is 1.75. The van der Waals surface area contributed by atoms with E-state index in [0.717, 1.165) is 16.8 Å². The Morgan fingerprint density at radius 3 is 2.35 bits per heavy atom. The van der Waals surface area contributed by atoms with Gasteiger partial charge in [-0.1, -0.05) is 42.0 Å². The van der Waals surface area contributed by atoms with Gasteiger partial charge in [-0.3, -0.25) is 4.79 Å². The van der Waals surface area contributed by atoms with Crippen molar-refractivity contribution in [3.05, 3.63) is 89.0 Å². The summed E-state index contributed by atoms with van der Waals surface area (Å²) in [5, 5.41) is 16.9. The number of hydrogen-bond acceptors (Lipinski definition) is 5. The van der Waals surface area contributed by atoms with Crippen LogP contribution in [0.3, 0.4) is 0 Å². The van der Waals surface area contributed by atoms with E-state index in [0.29, 0.717) is 29.0 Å². The zero-order valence-corrected chi connectivity index (χ0v) is 17.7. The molecule has 31 heavy (non-hydrogen) atoms. The van der Waals surface area contributed by atoms with Crippen LogP contribution in [0.1, 0.15) is 39.5 Å². The number of para-hydroxylation sites is 1. The molecule has 1 amide bonds. The Morgan fingerprint density at radius 2 is 1.71 bits per heavy atom. The van der Waals surface area contributed by atoms with Crippen LogP contribution in [0.15, 0.2) is 71.8 Å². The molecule has 4 rings (SSSR count). The fourth-order valence-electron chi connectivity index (χ4n) is 3.70. The van der Waals surface area contributed by atoms with Gasteiger partial charge in [0, 0.05) is 17.5 Å². The first-order valence-corrected chi connectivity index (χ1v) is 10.00. The van der Waals surface area contributed by atoms with Gasteiger partial charge >= 0.3 is 0 Å². The van der Waals surface area contributed by atoms with Crippen LogP contribution in [-0.4, -0.2) is 36.0 Å². The minimum absolute atomic E-state index is 0.0166. The molecule has 0 fully saturated rings. The van der Waals surface area contributed by atoms with Gasteiger partial charge in [-0.05, 0) is 42.8 Å². The number of aromatic hydroxyl groups is 1. The van der Waals surface area contributed by atoms with Gasteiger partial charge in [-0.15, -0.1) is 0 Å².